The fourth-order valence-corrected chi connectivity index (χ4v) is 2.75. The highest BCUT2D eigenvalue weighted by Gasteiger charge is 2.11. The van der Waals surface area contributed by atoms with Crippen molar-refractivity contribution >= 4 is 5.91 Å². The van der Waals surface area contributed by atoms with Crippen LogP contribution in [0.15, 0.2) is 42.5 Å². The maximum atomic E-state index is 12.2. The molecule has 2 aromatic carbocycles. The Morgan fingerprint density at radius 3 is 2.32 bits per heavy atom. The van der Waals surface area contributed by atoms with E-state index in [2.05, 4.69) is 5.32 Å². The van der Waals surface area contributed by atoms with Gasteiger partial charge in [0.1, 0.15) is 12.4 Å². The van der Waals surface area contributed by atoms with Crippen LogP contribution in [0.25, 0.3) is 0 Å². The van der Waals surface area contributed by atoms with Crippen molar-refractivity contribution in [2.75, 3.05) is 19.8 Å². The van der Waals surface area contributed by atoms with Crippen LogP contribution in [0.2, 0.25) is 0 Å². The standard InChI is InChI=1S/C23H31NO4/c1-5-26-21-13-9-19(15-22(21)27-6-2)10-14-23(25)24-18(4)16-28-20-11-7-17(3)8-12-20/h7-9,11-13,15,18H,5-6,10,14,16H2,1-4H3,(H,24,25)/t18-/m1/s1. The fourth-order valence-electron chi connectivity index (χ4n) is 2.75. The quantitative estimate of drug-likeness (QED) is 0.626. The summed E-state index contributed by atoms with van der Waals surface area (Å²) in [6.45, 7) is 9.46. The minimum absolute atomic E-state index is 0.00634. The highest BCUT2D eigenvalue weighted by Crippen LogP contribution is 2.29. The van der Waals surface area contributed by atoms with E-state index in [0.29, 0.717) is 32.7 Å². The van der Waals surface area contributed by atoms with Crippen LogP contribution in [0.3, 0.4) is 0 Å². The molecular formula is C23H31NO4. The predicted octanol–water partition coefficient (Wildman–Crippen LogP) is 4.31. The van der Waals surface area contributed by atoms with E-state index in [9.17, 15) is 4.79 Å². The van der Waals surface area contributed by atoms with Gasteiger partial charge in [-0.05, 0) is 63.9 Å². The third kappa shape index (κ3) is 7.14. The van der Waals surface area contributed by atoms with Crippen molar-refractivity contribution in [3.63, 3.8) is 0 Å². The topological polar surface area (TPSA) is 56.8 Å². The van der Waals surface area contributed by atoms with Gasteiger partial charge in [-0.15, -0.1) is 0 Å². The van der Waals surface area contributed by atoms with Crippen LogP contribution >= 0.6 is 0 Å². The minimum Gasteiger partial charge on any atom is -0.491 e. The fraction of sp³-hybridized carbons (Fsp3) is 0.435. The summed E-state index contributed by atoms with van der Waals surface area (Å²) in [6.07, 6.45) is 1.05. The molecule has 0 aliphatic heterocycles. The van der Waals surface area contributed by atoms with Gasteiger partial charge in [0.15, 0.2) is 11.5 Å². The Balaban J connectivity index is 1.79. The molecule has 0 fully saturated rings. The van der Waals surface area contributed by atoms with Crippen molar-refractivity contribution < 1.29 is 19.0 Å². The summed E-state index contributed by atoms with van der Waals surface area (Å²) in [7, 11) is 0. The molecule has 0 aliphatic rings. The molecule has 152 valence electrons. The van der Waals surface area contributed by atoms with Gasteiger partial charge in [0, 0.05) is 6.42 Å². The van der Waals surface area contributed by atoms with E-state index in [4.69, 9.17) is 14.2 Å². The van der Waals surface area contributed by atoms with Crippen molar-refractivity contribution in [1.82, 2.24) is 5.32 Å². The molecule has 2 rings (SSSR count). The van der Waals surface area contributed by atoms with Crippen molar-refractivity contribution in [2.45, 2.75) is 46.6 Å². The molecule has 28 heavy (non-hydrogen) atoms. The van der Waals surface area contributed by atoms with E-state index in [1.165, 1.54) is 5.56 Å². The SMILES string of the molecule is CCOc1ccc(CCC(=O)N[C@H](C)COc2ccc(C)cc2)cc1OCC. The number of carbonyl (C=O) groups is 1. The molecule has 1 atom stereocenters. The Morgan fingerprint density at radius 2 is 1.64 bits per heavy atom. The number of amides is 1. The van der Waals surface area contributed by atoms with Crippen molar-refractivity contribution in [3.05, 3.63) is 53.6 Å². The molecule has 0 radical (unpaired) electrons. The molecule has 0 saturated heterocycles. The number of hydrogen-bond donors (Lipinski definition) is 1. The van der Waals surface area contributed by atoms with Gasteiger partial charge in [0.25, 0.3) is 0 Å². The van der Waals surface area contributed by atoms with E-state index < -0.39 is 0 Å². The zero-order valence-electron chi connectivity index (χ0n) is 17.3. The first-order valence-corrected chi connectivity index (χ1v) is 9.89. The van der Waals surface area contributed by atoms with E-state index in [1.807, 2.05) is 70.2 Å². The number of aryl methyl sites for hydroxylation is 2. The zero-order valence-corrected chi connectivity index (χ0v) is 17.3. The summed E-state index contributed by atoms with van der Waals surface area (Å²) < 4.78 is 16.9. The van der Waals surface area contributed by atoms with E-state index in [1.54, 1.807) is 0 Å². The van der Waals surface area contributed by atoms with Gasteiger partial charge in [-0.2, -0.15) is 0 Å². The van der Waals surface area contributed by atoms with Crippen molar-refractivity contribution in [3.8, 4) is 17.2 Å². The first kappa shape index (κ1) is 21.6. The normalized spacial score (nSPS) is 11.6. The largest absolute Gasteiger partial charge is 0.491 e. The summed E-state index contributed by atoms with van der Waals surface area (Å²) in [4.78, 5) is 12.2. The lowest BCUT2D eigenvalue weighted by Gasteiger charge is -2.16. The molecule has 0 aromatic heterocycles. The molecule has 0 unspecified atom stereocenters. The van der Waals surface area contributed by atoms with Crippen LogP contribution in [-0.2, 0) is 11.2 Å². The van der Waals surface area contributed by atoms with Gasteiger partial charge in [0.2, 0.25) is 5.91 Å². The number of ether oxygens (including phenoxy) is 3. The van der Waals surface area contributed by atoms with Crippen LogP contribution in [0.1, 0.15) is 38.3 Å². The van der Waals surface area contributed by atoms with E-state index >= 15 is 0 Å². The van der Waals surface area contributed by atoms with Crippen LogP contribution in [0.5, 0.6) is 17.2 Å². The molecule has 1 N–H and O–H groups in total. The van der Waals surface area contributed by atoms with Crippen LogP contribution < -0.4 is 19.5 Å². The molecule has 0 spiro atoms. The lowest BCUT2D eigenvalue weighted by molar-refractivity contribution is -0.121. The molecule has 5 heteroatoms. The predicted molar refractivity (Wildman–Crippen MR) is 111 cm³/mol. The summed E-state index contributed by atoms with van der Waals surface area (Å²) in [5.41, 5.74) is 2.24. The second-order valence-corrected chi connectivity index (χ2v) is 6.74. The number of benzene rings is 2. The molecule has 2 aromatic rings. The summed E-state index contributed by atoms with van der Waals surface area (Å²) in [6, 6.07) is 13.7. The molecular weight excluding hydrogens is 354 g/mol. The Labute approximate surface area is 168 Å². The smallest absolute Gasteiger partial charge is 0.220 e. The number of nitrogens with one attached hydrogen (secondary N) is 1. The highest BCUT2D eigenvalue weighted by molar-refractivity contribution is 5.76. The van der Waals surface area contributed by atoms with Gasteiger partial charge in [-0.3, -0.25) is 4.79 Å². The zero-order chi connectivity index (χ0) is 20.4. The Bertz CT molecular complexity index is 743. The van der Waals surface area contributed by atoms with Crippen LogP contribution in [0.4, 0.5) is 0 Å². The van der Waals surface area contributed by atoms with E-state index in [0.717, 1.165) is 22.8 Å². The Hall–Kier alpha value is -2.69. The molecule has 0 saturated carbocycles. The van der Waals surface area contributed by atoms with Gasteiger partial charge in [-0.1, -0.05) is 23.8 Å². The molecule has 0 bridgehead atoms. The first-order chi connectivity index (χ1) is 13.5. The number of rotatable bonds is 11. The third-order valence-corrected chi connectivity index (χ3v) is 4.18. The third-order valence-electron chi connectivity index (χ3n) is 4.18. The average molecular weight is 386 g/mol. The van der Waals surface area contributed by atoms with Crippen molar-refractivity contribution in [1.29, 1.82) is 0 Å². The maximum Gasteiger partial charge on any atom is 0.220 e. The number of hydrogen-bond acceptors (Lipinski definition) is 4. The van der Waals surface area contributed by atoms with Gasteiger partial charge in [-0.25, -0.2) is 0 Å². The summed E-state index contributed by atoms with van der Waals surface area (Å²) >= 11 is 0. The molecule has 5 nitrogen and oxygen atoms in total. The number of carbonyl (C=O) groups excluding carboxylic acids is 1. The Morgan fingerprint density at radius 1 is 0.964 bits per heavy atom. The van der Waals surface area contributed by atoms with Crippen LogP contribution in [-0.4, -0.2) is 31.8 Å². The summed E-state index contributed by atoms with van der Waals surface area (Å²) in [5.74, 6) is 2.28. The molecule has 0 heterocycles. The van der Waals surface area contributed by atoms with Gasteiger partial charge in [0.05, 0.1) is 19.3 Å². The van der Waals surface area contributed by atoms with Gasteiger partial charge < -0.3 is 19.5 Å². The second kappa shape index (κ2) is 11.2. The summed E-state index contributed by atoms with van der Waals surface area (Å²) in [5, 5.41) is 2.98. The van der Waals surface area contributed by atoms with E-state index in [-0.39, 0.29) is 11.9 Å². The monoisotopic (exact) mass is 385 g/mol. The lowest BCUT2D eigenvalue weighted by Crippen LogP contribution is -2.36. The molecule has 0 aliphatic carbocycles. The van der Waals surface area contributed by atoms with Crippen LogP contribution in [0, 0.1) is 6.92 Å². The molecule has 1 amide bonds. The minimum atomic E-state index is -0.0619. The average Bonchev–Trinajstić information content (AvgIpc) is 2.68. The Kier molecular flexibility index (Phi) is 8.66. The lowest BCUT2D eigenvalue weighted by atomic mass is 10.1. The van der Waals surface area contributed by atoms with Crippen molar-refractivity contribution in [2.24, 2.45) is 0 Å². The van der Waals surface area contributed by atoms with Gasteiger partial charge >= 0.3 is 0 Å². The highest BCUT2D eigenvalue weighted by atomic mass is 16.5. The maximum absolute atomic E-state index is 12.2. The first-order valence-electron chi connectivity index (χ1n) is 9.89. The second-order valence-electron chi connectivity index (χ2n) is 6.74.